The maximum absolute atomic E-state index is 12.3. The molecule has 0 spiro atoms. The molecule has 0 aliphatic carbocycles. The van der Waals surface area contributed by atoms with Gasteiger partial charge in [0.25, 0.3) is 0 Å². The summed E-state index contributed by atoms with van der Waals surface area (Å²) in [6.45, 7) is 9.75. The number of likely N-dealkylation sites (tertiary alicyclic amines) is 1. The first-order valence-electron chi connectivity index (χ1n) is 7.28. The molecule has 2 unspecified atom stereocenters. The van der Waals surface area contributed by atoms with Crippen molar-refractivity contribution < 1.29 is 4.79 Å². The summed E-state index contributed by atoms with van der Waals surface area (Å²) in [5, 5.41) is 3.05. The minimum Gasteiger partial charge on any atom is -0.354 e. The number of carbonyl (C=O) groups excluding carboxylic acids is 1. The van der Waals surface area contributed by atoms with Crippen LogP contribution in [0.1, 0.15) is 40.0 Å². The van der Waals surface area contributed by atoms with Crippen LogP contribution >= 0.6 is 24.8 Å². The molecule has 1 fully saturated rings. The molecular weight excluding hydrogens is 297 g/mol. The predicted octanol–water partition coefficient (Wildman–Crippen LogP) is 2.05. The highest BCUT2D eigenvalue weighted by atomic mass is 35.5. The first kappa shape index (κ1) is 22.3. The van der Waals surface area contributed by atoms with E-state index in [-0.39, 0.29) is 36.8 Å². The summed E-state index contributed by atoms with van der Waals surface area (Å²) >= 11 is 0. The SMILES string of the molecule is CC(CN)CNC(=O)C(C(C)C)N1CCCCC1.Cl.Cl. The number of halogens is 2. The Hall–Kier alpha value is -0.0300. The number of hydrogen-bond donors (Lipinski definition) is 2. The number of amides is 1. The molecule has 0 saturated carbocycles. The Labute approximate surface area is 136 Å². The summed E-state index contributed by atoms with van der Waals surface area (Å²) in [7, 11) is 0. The lowest BCUT2D eigenvalue weighted by atomic mass is 9.98. The zero-order valence-electron chi connectivity index (χ0n) is 12.9. The first-order chi connectivity index (χ1) is 8.56. The van der Waals surface area contributed by atoms with Gasteiger partial charge in [0, 0.05) is 6.54 Å². The Bertz CT molecular complexity index is 259. The number of nitrogens with one attached hydrogen (secondary N) is 1. The van der Waals surface area contributed by atoms with Crippen molar-refractivity contribution in [1.29, 1.82) is 0 Å². The van der Waals surface area contributed by atoms with Gasteiger partial charge < -0.3 is 11.1 Å². The van der Waals surface area contributed by atoms with Crippen molar-refractivity contribution in [2.75, 3.05) is 26.2 Å². The highest BCUT2D eigenvalue weighted by Gasteiger charge is 2.29. The molecule has 1 aliphatic rings. The van der Waals surface area contributed by atoms with Crippen LogP contribution < -0.4 is 11.1 Å². The zero-order valence-corrected chi connectivity index (χ0v) is 14.6. The van der Waals surface area contributed by atoms with E-state index in [4.69, 9.17) is 5.73 Å². The smallest absolute Gasteiger partial charge is 0.237 e. The third-order valence-corrected chi connectivity index (χ3v) is 3.71. The fraction of sp³-hybridized carbons (Fsp3) is 0.929. The molecular formula is C14H31Cl2N3O. The number of carbonyl (C=O) groups is 1. The van der Waals surface area contributed by atoms with Gasteiger partial charge in [0.1, 0.15) is 0 Å². The van der Waals surface area contributed by atoms with Crippen LogP contribution in [-0.2, 0) is 4.79 Å². The van der Waals surface area contributed by atoms with Crippen LogP contribution in [0.4, 0.5) is 0 Å². The molecule has 1 aliphatic heterocycles. The maximum Gasteiger partial charge on any atom is 0.237 e. The Morgan fingerprint density at radius 2 is 1.70 bits per heavy atom. The number of rotatable bonds is 6. The summed E-state index contributed by atoms with van der Waals surface area (Å²) in [6.07, 6.45) is 3.73. The molecule has 6 heteroatoms. The van der Waals surface area contributed by atoms with Gasteiger partial charge in [-0.3, -0.25) is 9.69 Å². The minimum absolute atomic E-state index is 0. The molecule has 1 rings (SSSR count). The lowest BCUT2D eigenvalue weighted by Crippen LogP contribution is -2.52. The molecule has 4 nitrogen and oxygen atoms in total. The fourth-order valence-electron chi connectivity index (χ4n) is 2.55. The molecule has 0 bridgehead atoms. The minimum atomic E-state index is 0. The highest BCUT2D eigenvalue weighted by Crippen LogP contribution is 2.17. The molecule has 3 N–H and O–H groups in total. The van der Waals surface area contributed by atoms with Crippen molar-refractivity contribution >= 4 is 30.7 Å². The molecule has 1 amide bonds. The average Bonchev–Trinajstić information content (AvgIpc) is 2.37. The Morgan fingerprint density at radius 3 is 2.15 bits per heavy atom. The molecule has 20 heavy (non-hydrogen) atoms. The zero-order chi connectivity index (χ0) is 13.5. The van der Waals surface area contributed by atoms with E-state index in [1.807, 2.05) is 0 Å². The predicted molar refractivity (Wildman–Crippen MR) is 89.8 cm³/mol. The van der Waals surface area contributed by atoms with Gasteiger partial charge in [0.05, 0.1) is 6.04 Å². The molecule has 1 heterocycles. The molecule has 0 aromatic rings. The molecule has 2 atom stereocenters. The van der Waals surface area contributed by atoms with Gasteiger partial charge in [-0.2, -0.15) is 0 Å². The van der Waals surface area contributed by atoms with Gasteiger partial charge >= 0.3 is 0 Å². The molecule has 122 valence electrons. The van der Waals surface area contributed by atoms with E-state index in [0.29, 0.717) is 24.9 Å². The Morgan fingerprint density at radius 1 is 1.15 bits per heavy atom. The molecule has 1 saturated heterocycles. The molecule has 0 aromatic heterocycles. The van der Waals surface area contributed by atoms with E-state index in [2.05, 4.69) is 31.0 Å². The van der Waals surface area contributed by atoms with Crippen LogP contribution in [0.2, 0.25) is 0 Å². The quantitative estimate of drug-likeness (QED) is 0.785. The third kappa shape index (κ3) is 7.11. The van der Waals surface area contributed by atoms with E-state index >= 15 is 0 Å². The van der Waals surface area contributed by atoms with E-state index in [1.54, 1.807) is 0 Å². The monoisotopic (exact) mass is 327 g/mol. The van der Waals surface area contributed by atoms with Crippen LogP contribution in [0, 0.1) is 11.8 Å². The van der Waals surface area contributed by atoms with Crippen molar-refractivity contribution in [3.63, 3.8) is 0 Å². The van der Waals surface area contributed by atoms with Gasteiger partial charge in [0.2, 0.25) is 5.91 Å². The first-order valence-corrected chi connectivity index (χ1v) is 7.28. The van der Waals surface area contributed by atoms with Crippen LogP contribution in [0.25, 0.3) is 0 Å². The maximum atomic E-state index is 12.3. The van der Waals surface area contributed by atoms with Crippen molar-refractivity contribution in [3.05, 3.63) is 0 Å². The van der Waals surface area contributed by atoms with Crippen LogP contribution in [0.15, 0.2) is 0 Å². The second kappa shape index (κ2) is 11.6. The average molecular weight is 328 g/mol. The Kier molecular flexibility index (Phi) is 12.9. The molecule has 0 radical (unpaired) electrons. The van der Waals surface area contributed by atoms with Crippen LogP contribution in [0.3, 0.4) is 0 Å². The number of nitrogens with zero attached hydrogens (tertiary/aromatic N) is 1. The van der Waals surface area contributed by atoms with Gasteiger partial charge in [-0.05, 0) is 44.3 Å². The Balaban J connectivity index is 0. The number of piperidine rings is 1. The van der Waals surface area contributed by atoms with E-state index < -0.39 is 0 Å². The third-order valence-electron chi connectivity index (χ3n) is 3.71. The van der Waals surface area contributed by atoms with Crippen molar-refractivity contribution in [1.82, 2.24) is 10.2 Å². The summed E-state index contributed by atoms with van der Waals surface area (Å²) in [5.41, 5.74) is 5.58. The second-order valence-corrected chi connectivity index (χ2v) is 5.87. The number of nitrogens with two attached hydrogens (primary N) is 1. The topological polar surface area (TPSA) is 58.4 Å². The van der Waals surface area contributed by atoms with Gasteiger partial charge in [0.15, 0.2) is 0 Å². The van der Waals surface area contributed by atoms with Gasteiger partial charge in [-0.15, -0.1) is 24.8 Å². The van der Waals surface area contributed by atoms with Crippen molar-refractivity contribution in [3.8, 4) is 0 Å². The normalized spacial score (nSPS) is 18.6. The van der Waals surface area contributed by atoms with E-state index in [1.165, 1.54) is 19.3 Å². The van der Waals surface area contributed by atoms with Gasteiger partial charge in [-0.1, -0.05) is 27.2 Å². The summed E-state index contributed by atoms with van der Waals surface area (Å²) in [4.78, 5) is 14.7. The molecule has 0 aromatic carbocycles. The fourth-order valence-corrected chi connectivity index (χ4v) is 2.55. The summed E-state index contributed by atoms with van der Waals surface area (Å²) in [5.74, 6) is 0.881. The van der Waals surface area contributed by atoms with Crippen molar-refractivity contribution in [2.45, 2.75) is 46.1 Å². The number of hydrogen-bond acceptors (Lipinski definition) is 3. The summed E-state index contributed by atoms with van der Waals surface area (Å²) in [6, 6.07) is 0.0234. The summed E-state index contributed by atoms with van der Waals surface area (Å²) < 4.78 is 0. The van der Waals surface area contributed by atoms with E-state index in [9.17, 15) is 4.79 Å². The lowest BCUT2D eigenvalue weighted by molar-refractivity contribution is -0.128. The van der Waals surface area contributed by atoms with Gasteiger partial charge in [-0.25, -0.2) is 0 Å². The lowest BCUT2D eigenvalue weighted by Gasteiger charge is -2.36. The van der Waals surface area contributed by atoms with Crippen molar-refractivity contribution in [2.24, 2.45) is 17.6 Å². The second-order valence-electron chi connectivity index (χ2n) is 5.87. The largest absolute Gasteiger partial charge is 0.354 e. The van der Waals surface area contributed by atoms with Crippen LogP contribution in [-0.4, -0.2) is 43.0 Å². The van der Waals surface area contributed by atoms with Crippen LogP contribution in [0.5, 0.6) is 0 Å². The standard InChI is InChI=1S/C14H29N3O.2ClH/c1-11(2)13(17-7-5-4-6-8-17)14(18)16-10-12(3)9-15;;/h11-13H,4-10,15H2,1-3H3,(H,16,18);2*1H. The van der Waals surface area contributed by atoms with E-state index in [0.717, 1.165) is 13.1 Å². The highest BCUT2D eigenvalue weighted by molar-refractivity contribution is 5.85.